The molecular formula is C52H91N7O12. The molecule has 0 aromatic heterocycles. The minimum absolute atomic E-state index is 0.0116. The minimum atomic E-state index is -0.893. The molecule has 1 aromatic carbocycles. The summed E-state index contributed by atoms with van der Waals surface area (Å²) >= 11 is 0. The van der Waals surface area contributed by atoms with Gasteiger partial charge in [0.1, 0.15) is 12.1 Å². The number of nitrogens with one attached hydrogen (secondary N) is 4. The molecule has 2 fully saturated rings. The highest BCUT2D eigenvalue weighted by Gasteiger charge is 2.44. The zero-order valence-electron chi connectivity index (χ0n) is 44.7. The van der Waals surface area contributed by atoms with Gasteiger partial charge in [0.25, 0.3) is 0 Å². The van der Waals surface area contributed by atoms with Crippen molar-refractivity contribution in [1.82, 2.24) is 36.0 Å². The summed E-state index contributed by atoms with van der Waals surface area (Å²) in [6, 6.07) is 6.49. The Labute approximate surface area is 424 Å². The number of hydrogen-bond donors (Lipinski definition) is 5. The summed E-state index contributed by atoms with van der Waals surface area (Å²) in [4.78, 5) is 76.4. The molecule has 19 heteroatoms. The molecule has 2 saturated heterocycles. The predicted molar refractivity (Wildman–Crippen MR) is 271 cm³/mol. The number of nitrogens with zero attached hydrogens (tertiary/aromatic N) is 3. The van der Waals surface area contributed by atoms with Crippen LogP contribution in [0.3, 0.4) is 0 Å². The molecule has 2 aliphatic rings. The summed E-state index contributed by atoms with van der Waals surface area (Å²) in [5.41, 5.74) is 0.873. The fraction of sp³-hybridized carbons (Fsp3) is 0.788. The highest BCUT2D eigenvalue weighted by atomic mass is 16.6. The van der Waals surface area contributed by atoms with E-state index in [1.807, 2.05) is 71.9 Å². The van der Waals surface area contributed by atoms with E-state index in [0.717, 1.165) is 31.7 Å². The Morgan fingerprint density at radius 2 is 1.38 bits per heavy atom. The zero-order chi connectivity index (χ0) is 52.3. The number of carbonyl (C=O) groups is 5. The van der Waals surface area contributed by atoms with E-state index in [-0.39, 0.29) is 92.5 Å². The lowest BCUT2D eigenvalue weighted by Gasteiger charge is -2.41. The van der Waals surface area contributed by atoms with Crippen molar-refractivity contribution >= 4 is 29.5 Å². The number of benzene rings is 1. The van der Waals surface area contributed by atoms with E-state index in [1.54, 1.807) is 30.9 Å². The number of aliphatic hydroxyl groups excluding tert-OH is 1. The molecule has 0 saturated carbocycles. The van der Waals surface area contributed by atoms with Crippen LogP contribution in [0.1, 0.15) is 79.7 Å². The standard InChI is InChI=1S/C52H91N7O12/c1-11-38(6)47(57(8)52(65)45(36(2)3)56-51(64)46(37(4)5)58-23-19-53-20-24-58)43(66-9)35-44(61)59-22-15-18-42(59)48(67-10)39(7)49(62)55-41(34-40-16-13-12-14-17-40)50(63)54-21-26-68-28-30-70-32-33-71-31-29-69-27-25-60/h12-14,16-17,36-39,41-43,45-48,53,60H,11,15,18-35H2,1-10H3,(H,54,63)(H,55,62)(H,56,64)/t38-,39+,41-,42-,43+,45-,46-,47-,48+/m0/s1. The molecule has 5 amide bonds. The number of carbonyl (C=O) groups excluding carboxylic acids is 5. The number of hydrogen-bond acceptors (Lipinski definition) is 14. The van der Waals surface area contributed by atoms with Crippen LogP contribution in [0.5, 0.6) is 0 Å². The topological polar surface area (TPSA) is 219 Å². The molecule has 0 unspecified atom stereocenters. The lowest BCUT2D eigenvalue weighted by Crippen LogP contribution is -2.61. The van der Waals surface area contributed by atoms with E-state index in [4.69, 9.17) is 33.5 Å². The Bertz CT molecular complexity index is 1690. The van der Waals surface area contributed by atoms with Crippen LogP contribution in [0.2, 0.25) is 0 Å². The highest BCUT2D eigenvalue weighted by Crippen LogP contribution is 2.30. The monoisotopic (exact) mass is 1010 g/mol. The summed E-state index contributed by atoms with van der Waals surface area (Å²) in [6.45, 7) is 20.4. The van der Waals surface area contributed by atoms with E-state index < -0.39 is 42.3 Å². The van der Waals surface area contributed by atoms with Crippen molar-refractivity contribution in [3.63, 3.8) is 0 Å². The highest BCUT2D eigenvalue weighted by molar-refractivity contribution is 5.91. The van der Waals surface area contributed by atoms with Gasteiger partial charge in [-0.1, -0.05) is 85.2 Å². The maximum Gasteiger partial charge on any atom is 0.245 e. The first kappa shape index (κ1) is 61.5. The zero-order valence-corrected chi connectivity index (χ0v) is 44.7. The largest absolute Gasteiger partial charge is 0.394 e. The first-order valence-electron chi connectivity index (χ1n) is 26.0. The quantitative estimate of drug-likeness (QED) is 0.0614. The molecule has 2 aliphatic heterocycles. The number of amides is 5. The number of methoxy groups -OCH3 is 2. The molecule has 1 aromatic rings. The van der Waals surface area contributed by atoms with E-state index in [0.29, 0.717) is 65.4 Å². The van der Waals surface area contributed by atoms with Gasteiger partial charge in [0.15, 0.2) is 0 Å². The van der Waals surface area contributed by atoms with Crippen LogP contribution in [0, 0.1) is 23.7 Å². The van der Waals surface area contributed by atoms with Crippen molar-refractivity contribution < 1.29 is 57.5 Å². The van der Waals surface area contributed by atoms with Gasteiger partial charge >= 0.3 is 0 Å². The Kier molecular flexibility index (Phi) is 29.3. The van der Waals surface area contributed by atoms with Crippen LogP contribution in [-0.2, 0) is 58.8 Å². The summed E-state index contributed by atoms with van der Waals surface area (Å²) in [6.07, 6.45) is 0.932. The summed E-state index contributed by atoms with van der Waals surface area (Å²) < 4.78 is 33.9. The van der Waals surface area contributed by atoms with Gasteiger partial charge in [0, 0.05) is 67.0 Å². The van der Waals surface area contributed by atoms with Crippen LogP contribution >= 0.6 is 0 Å². The third-order valence-corrected chi connectivity index (χ3v) is 13.7. The number of ether oxygens (including phenoxy) is 6. The van der Waals surface area contributed by atoms with Crippen LogP contribution < -0.4 is 21.3 Å². The molecule has 0 radical (unpaired) electrons. The van der Waals surface area contributed by atoms with Gasteiger partial charge < -0.3 is 64.6 Å². The van der Waals surface area contributed by atoms with Crippen LogP contribution in [-0.4, -0.2) is 212 Å². The number of rotatable bonds is 35. The van der Waals surface area contributed by atoms with Crippen molar-refractivity contribution in [2.45, 2.75) is 123 Å². The van der Waals surface area contributed by atoms with Gasteiger partial charge in [-0.15, -0.1) is 0 Å². The average Bonchev–Trinajstić information content (AvgIpc) is 3.85. The molecule has 19 nitrogen and oxygen atoms in total. The predicted octanol–water partition coefficient (Wildman–Crippen LogP) is 1.88. The SMILES string of the molecule is CC[C@H](C)[C@@H]([C@@H](CC(=O)N1CCC[C@H]1[C@H](OC)[C@@H](C)C(=O)N[C@@H](Cc1ccccc1)C(=O)NCCOCCOCCOCCOCCO)OC)N(C)C(=O)[C@@H](NC(=O)[C@H](C(C)C)N1CCNCC1)C(C)C. The number of likely N-dealkylation sites (tertiary alicyclic amines) is 1. The lowest BCUT2D eigenvalue weighted by atomic mass is 9.89. The molecule has 3 rings (SSSR count). The van der Waals surface area contributed by atoms with E-state index in [1.165, 1.54) is 7.11 Å². The summed E-state index contributed by atoms with van der Waals surface area (Å²) in [5, 5.41) is 21.1. The maximum atomic E-state index is 14.6. The molecule has 406 valence electrons. The molecule has 0 spiro atoms. The average molecular weight is 1010 g/mol. The van der Waals surface area contributed by atoms with E-state index >= 15 is 0 Å². The minimum Gasteiger partial charge on any atom is -0.394 e. The molecule has 0 bridgehead atoms. The summed E-state index contributed by atoms with van der Waals surface area (Å²) in [7, 11) is 4.84. The Morgan fingerprint density at radius 3 is 1.93 bits per heavy atom. The normalized spacial score (nSPS) is 18.8. The number of likely N-dealkylation sites (N-methyl/N-ethyl adjacent to an activating group) is 1. The Hall–Kier alpha value is -3.79. The van der Waals surface area contributed by atoms with Gasteiger partial charge in [-0.2, -0.15) is 0 Å². The smallest absolute Gasteiger partial charge is 0.245 e. The third-order valence-electron chi connectivity index (χ3n) is 13.7. The lowest BCUT2D eigenvalue weighted by molar-refractivity contribution is -0.148. The molecule has 0 aliphatic carbocycles. The van der Waals surface area contributed by atoms with Crippen molar-refractivity contribution in [3.8, 4) is 0 Å². The van der Waals surface area contributed by atoms with Crippen molar-refractivity contribution in [2.75, 3.05) is 120 Å². The van der Waals surface area contributed by atoms with Crippen molar-refractivity contribution in [2.24, 2.45) is 23.7 Å². The van der Waals surface area contributed by atoms with Gasteiger partial charge in [-0.25, -0.2) is 0 Å². The molecule has 2 heterocycles. The molecule has 5 N–H and O–H groups in total. The second-order valence-corrected chi connectivity index (χ2v) is 19.5. The molecule has 9 atom stereocenters. The molecule has 71 heavy (non-hydrogen) atoms. The first-order valence-corrected chi connectivity index (χ1v) is 26.0. The summed E-state index contributed by atoms with van der Waals surface area (Å²) in [5.74, 6) is -2.26. The second kappa shape index (κ2) is 33.8. The van der Waals surface area contributed by atoms with Crippen molar-refractivity contribution in [3.05, 3.63) is 35.9 Å². The number of piperazine rings is 1. The third kappa shape index (κ3) is 20.2. The second-order valence-electron chi connectivity index (χ2n) is 19.5. The maximum absolute atomic E-state index is 14.6. The van der Waals surface area contributed by atoms with Crippen LogP contribution in [0.25, 0.3) is 0 Å². The first-order chi connectivity index (χ1) is 34.1. The van der Waals surface area contributed by atoms with Gasteiger partial charge in [-0.05, 0) is 36.2 Å². The van der Waals surface area contributed by atoms with E-state index in [9.17, 15) is 24.0 Å². The molecular weight excluding hydrogens is 915 g/mol. The van der Waals surface area contributed by atoms with Gasteiger partial charge in [-0.3, -0.25) is 28.9 Å². The van der Waals surface area contributed by atoms with Crippen LogP contribution in [0.15, 0.2) is 30.3 Å². The fourth-order valence-electron chi connectivity index (χ4n) is 9.69. The Balaban J connectivity index is 1.66. The number of aliphatic hydroxyl groups is 1. The fourth-order valence-corrected chi connectivity index (χ4v) is 9.69. The van der Waals surface area contributed by atoms with Crippen molar-refractivity contribution in [1.29, 1.82) is 0 Å². The van der Waals surface area contributed by atoms with Crippen LogP contribution in [0.4, 0.5) is 0 Å². The van der Waals surface area contributed by atoms with Gasteiger partial charge in [0.2, 0.25) is 29.5 Å². The Morgan fingerprint density at radius 1 is 0.775 bits per heavy atom. The van der Waals surface area contributed by atoms with E-state index in [2.05, 4.69) is 26.2 Å². The van der Waals surface area contributed by atoms with Gasteiger partial charge in [0.05, 0.1) is 102 Å².